The third-order valence-corrected chi connectivity index (χ3v) is 4.89. The number of likely N-dealkylation sites (N-methyl/N-ethyl adjacent to an activating group) is 1. The molecule has 0 saturated carbocycles. The Hall–Kier alpha value is -3.02. The van der Waals surface area contributed by atoms with Crippen molar-refractivity contribution < 1.29 is 9.32 Å². The first kappa shape index (κ1) is 16.4. The fourth-order valence-corrected chi connectivity index (χ4v) is 3.52. The van der Waals surface area contributed by atoms with Gasteiger partial charge in [-0.15, -0.1) is 0 Å². The van der Waals surface area contributed by atoms with Crippen LogP contribution in [0.5, 0.6) is 0 Å². The van der Waals surface area contributed by atoms with Crippen LogP contribution in [0.1, 0.15) is 41.2 Å². The van der Waals surface area contributed by atoms with E-state index in [0.717, 1.165) is 12.0 Å². The summed E-state index contributed by atoms with van der Waals surface area (Å²) in [6.45, 7) is 0. The lowest BCUT2D eigenvalue weighted by Gasteiger charge is -2.23. The monoisotopic (exact) mass is 348 g/mol. The molecule has 0 unspecified atom stereocenters. The van der Waals surface area contributed by atoms with Gasteiger partial charge >= 0.3 is 0 Å². The maximum atomic E-state index is 12.3. The highest BCUT2D eigenvalue weighted by molar-refractivity contribution is 5.80. The summed E-state index contributed by atoms with van der Waals surface area (Å²) >= 11 is 0. The number of pyridine rings is 1. The average Bonchev–Trinajstić information content (AvgIpc) is 3.27. The molecule has 0 N–H and O–H groups in total. The number of carbonyl (C=O) groups excluding carboxylic acids is 1. The number of carbonyl (C=O) groups is 1. The third kappa shape index (κ3) is 3.22. The van der Waals surface area contributed by atoms with E-state index in [4.69, 9.17) is 4.52 Å². The quantitative estimate of drug-likeness (QED) is 0.709. The van der Waals surface area contributed by atoms with Crippen molar-refractivity contribution in [2.45, 2.75) is 31.2 Å². The molecular weight excluding hydrogens is 328 g/mol. The van der Waals surface area contributed by atoms with Gasteiger partial charge in [-0.2, -0.15) is 4.98 Å². The molecule has 0 bridgehead atoms. The summed E-state index contributed by atoms with van der Waals surface area (Å²) in [5.41, 5.74) is 2.22. The zero-order valence-corrected chi connectivity index (χ0v) is 14.6. The summed E-state index contributed by atoms with van der Waals surface area (Å²) in [6, 6.07) is 14.0. The van der Waals surface area contributed by atoms with Gasteiger partial charge in [-0.1, -0.05) is 41.6 Å². The highest BCUT2D eigenvalue weighted by Crippen LogP contribution is 2.42. The van der Waals surface area contributed by atoms with Gasteiger partial charge in [-0.3, -0.25) is 9.78 Å². The van der Waals surface area contributed by atoms with Gasteiger partial charge in [0.15, 0.2) is 5.82 Å². The maximum Gasteiger partial charge on any atom is 0.232 e. The number of aryl methyl sites for hydroxylation is 2. The molecule has 1 aliphatic rings. The molecule has 3 aromatic rings. The zero-order valence-electron chi connectivity index (χ0n) is 14.6. The van der Waals surface area contributed by atoms with E-state index >= 15 is 0 Å². The second-order valence-corrected chi connectivity index (χ2v) is 6.58. The van der Waals surface area contributed by atoms with Gasteiger partial charge in [0.25, 0.3) is 0 Å². The molecule has 4 rings (SSSR count). The summed E-state index contributed by atoms with van der Waals surface area (Å²) in [5.74, 6) is 1.14. The minimum atomic E-state index is -0.144. The van der Waals surface area contributed by atoms with Gasteiger partial charge in [-0.05, 0) is 23.6 Å². The van der Waals surface area contributed by atoms with Crippen molar-refractivity contribution in [3.05, 3.63) is 77.7 Å². The summed E-state index contributed by atoms with van der Waals surface area (Å²) in [6.07, 6.45) is 5.45. The van der Waals surface area contributed by atoms with E-state index in [9.17, 15) is 4.79 Å². The topological polar surface area (TPSA) is 72.1 Å². The van der Waals surface area contributed by atoms with Crippen LogP contribution in [0.15, 0.2) is 59.4 Å². The number of hydrogen-bond acceptors (Lipinski definition) is 5. The van der Waals surface area contributed by atoms with Crippen molar-refractivity contribution >= 4 is 5.91 Å². The minimum Gasteiger partial charge on any atom is -0.339 e. The number of benzene rings is 1. The summed E-state index contributed by atoms with van der Waals surface area (Å²) in [7, 11) is 1.81. The van der Waals surface area contributed by atoms with Crippen molar-refractivity contribution in [1.29, 1.82) is 0 Å². The fourth-order valence-electron chi connectivity index (χ4n) is 3.52. The molecule has 26 heavy (non-hydrogen) atoms. The molecule has 1 saturated heterocycles. The molecule has 3 heterocycles. The van der Waals surface area contributed by atoms with Gasteiger partial charge in [0.1, 0.15) is 0 Å². The molecule has 0 spiro atoms. The number of rotatable bonds is 5. The van der Waals surface area contributed by atoms with Gasteiger partial charge in [0.05, 0.1) is 12.0 Å². The molecule has 2 aromatic heterocycles. The summed E-state index contributed by atoms with van der Waals surface area (Å²) < 4.78 is 5.52. The Morgan fingerprint density at radius 2 is 2.00 bits per heavy atom. The Kier molecular flexibility index (Phi) is 4.48. The molecule has 0 aliphatic carbocycles. The highest BCUT2D eigenvalue weighted by Gasteiger charge is 2.42. The van der Waals surface area contributed by atoms with Crippen LogP contribution in [0, 0.1) is 0 Å². The first-order valence-corrected chi connectivity index (χ1v) is 8.74. The van der Waals surface area contributed by atoms with Crippen LogP contribution in [0.2, 0.25) is 0 Å². The first-order valence-electron chi connectivity index (χ1n) is 8.74. The molecule has 1 amide bonds. The second kappa shape index (κ2) is 7.07. The van der Waals surface area contributed by atoms with E-state index in [1.807, 2.05) is 37.4 Å². The lowest BCUT2D eigenvalue weighted by atomic mass is 9.94. The van der Waals surface area contributed by atoms with E-state index < -0.39 is 0 Å². The summed E-state index contributed by atoms with van der Waals surface area (Å²) in [4.78, 5) is 22.8. The number of likely N-dealkylation sites (tertiary alicyclic amines) is 1. The Balaban J connectivity index is 1.53. The molecule has 6 nitrogen and oxygen atoms in total. The molecule has 6 heteroatoms. The Bertz CT molecular complexity index is 879. The molecular formula is C20H20N4O2. The predicted molar refractivity (Wildman–Crippen MR) is 95.3 cm³/mol. The molecule has 132 valence electrons. The number of nitrogens with zero attached hydrogens (tertiary/aromatic N) is 4. The van der Waals surface area contributed by atoms with E-state index in [0.29, 0.717) is 24.6 Å². The van der Waals surface area contributed by atoms with Crippen molar-refractivity contribution in [3.63, 3.8) is 0 Å². The number of amides is 1. The molecule has 0 radical (unpaired) electrons. The van der Waals surface area contributed by atoms with Crippen molar-refractivity contribution in [1.82, 2.24) is 20.0 Å². The fraction of sp³-hybridized carbons (Fsp3) is 0.300. The van der Waals surface area contributed by atoms with E-state index in [-0.39, 0.29) is 17.9 Å². The normalized spacial score (nSPS) is 19.9. The first-order chi connectivity index (χ1) is 12.7. The van der Waals surface area contributed by atoms with Crippen molar-refractivity contribution in [2.75, 3.05) is 7.05 Å². The molecule has 1 aliphatic heterocycles. The van der Waals surface area contributed by atoms with E-state index in [1.165, 1.54) is 5.56 Å². The van der Waals surface area contributed by atoms with Crippen molar-refractivity contribution in [2.24, 2.45) is 0 Å². The zero-order chi connectivity index (χ0) is 17.9. The Morgan fingerprint density at radius 1 is 1.15 bits per heavy atom. The lowest BCUT2D eigenvalue weighted by Crippen LogP contribution is -2.24. The van der Waals surface area contributed by atoms with Gasteiger partial charge in [0.2, 0.25) is 11.8 Å². The largest absolute Gasteiger partial charge is 0.339 e. The van der Waals surface area contributed by atoms with Gasteiger partial charge in [-0.25, -0.2) is 0 Å². The van der Waals surface area contributed by atoms with Crippen LogP contribution in [-0.2, 0) is 17.6 Å². The van der Waals surface area contributed by atoms with Crippen LogP contribution < -0.4 is 0 Å². The van der Waals surface area contributed by atoms with Crippen LogP contribution in [0.3, 0.4) is 0 Å². The van der Waals surface area contributed by atoms with Gasteiger partial charge < -0.3 is 9.42 Å². The SMILES string of the molecule is CN1C(=O)C[C@@H](c2nc(CCc3ccccc3)no2)[C@@H]1c1cccnc1. The van der Waals surface area contributed by atoms with Crippen LogP contribution >= 0.6 is 0 Å². The van der Waals surface area contributed by atoms with Crippen LogP contribution in [0.4, 0.5) is 0 Å². The smallest absolute Gasteiger partial charge is 0.232 e. The average molecular weight is 348 g/mol. The summed E-state index contributed by atoms with van der Waals surface area (Å²) in [5, 5.41) is 4.12. The standard InChI is InChI=1S/C20H20N4O2/c1-24-18(25)12-16(19(24)15-8-5-11-21-13-15)20-22-17(23-26-20)10-9-14-6-3-2-4-7-14/h2-8,11,13,16,19H,9-10,12H2,1H3/t16-,19+/m1/s1. The van der Waals surface area contributed by atoms with Crippen LogP contribution in [0.25, 0.3) is 0 Å². The predicted octanol–water partition coefficient (Wildman–Crippen LogP) is 2.94. The second-order valence-electron chi connectivity index (χ2n) is 6.58. The Morgan fingerprint density at radius 3 is 2.77 bits per heavy atom. The minimum absolute atomic E-state index is 0.0767. The third-order valence-electron chi connectivity index (χ3n) is 4.89. The number of aromatic nitrogens is 3. The molecule has 2 atom stereocenters. The molecule has 1 fully saturated rings. The number of hydrogen-bond donors (Lipinski definition) is 0. The maximum absolute atomic E-state index is 12.3. The van der Waals surface area contributed by atoms with E-state index in [2.05, 4.69) is 27.3 Å². The van der Waals surface area contributed by atoms with Crippen LogP contribution in [-0.4, -0.2) is 33.0 Å². The van der Waals surface area contributed by atoms with Crippen molar-refractivity contribution in [3.8, 4) is 0 Å². The lowest BCUT2D eigenvalue weighted by molar-refractivity contribution is -0.127. The highest BCUT2D eigenvalue weighted by atomic mass is 16.5. The van der Waals surface area contributed by atoms with E-state index in [1.54, 1.807) is 17.3 Å². The Labute approximate surface area is 151 Å². The molecule has 1 aromatic carbocycles. The van der Waals surface area contributed by atoms with Gasteiger partial charge in [0, 0.05) is 32.3 Å².